The van der Waals surface area contributed by atoms with E-state index in [2.05, 4.69) is 12.2 Å². The van der Waals surface area contributed by atoms with Gasteiger partial charge in [-0.1, -0.05) is 55.8 Å². The number of nitrogens with zero attached hydrogens (tertiary/aromatic N) is 2. The fourth-order valence-corrected chi connectivity index (χ4v) is 2.72. The fraction of sp³-hybridized carbons (Fsp3) is 0.238. The van der Waals surface area contributed by atoms with E-state index < -0.39 is 0 Å². The first-order valence-corrected chi connectivity index (χ1v) is 8.70. The van der Waals surface area contributed by atoms with Crippen LogP contribution in [0, 0.1) is 6.92 Å². The molecule has 3 rings (SSSR count). The Kier molecular flexibility index (Phi) is 5.29. The van der Waals surface area contributed by atoms with Crippen LogP contribution in [0.4, 0.5) is 0 Å². The summed E-state index contributed by atoms with van der Waals surface area (Å²) in [6.45, 7) is 4.82. The first-order chi connectivity index (χ1) is 12.2. The molecule has 4 nitrogen and oxygen atoms in total. The summed E-state index contributed by atoms with van der Waals surface area (Å²) in [5.41, 5.74) is 4.37. The molecule has 1 N–H and O–H groups in total. The highest BCUT2D eigenvalue weighted by atomic mass is 16.2. The van der Waals surface area contributed by atoms with E-state index in [1.54, 1.807) is 4.68 Å². The van der Waals surface area contributed by atoms with Crippen LogP contribution in [-0.4, -0.2) is 22.2 Å². The van der Waals surface area contributed by atoms with Crippen LogP contribution in [0.1, 0.15) is 35.8 Å². The average molecular weight is 333 g/mol. The Morgan fingerprint density at radius 1 is 1.08 bits per heavy atom. The molecule has 1 heterocycles. The van der Waals surface area contributed by atoms with Gasteiger partial charge < -0.3 is 5.32 Å². The highest BCUT2D eigenvalue weighted by molar-refractivity contribution is 5.94. The van der Waals surface area contributed by atoms with Crippen molar-refractivity contribution in [2.45, 2.75) is 26.7 Å². The third kappa shape index (κ3) is 3.97. The van der Waals surface area contributed by atoms with Crippen LogP contribution >= 0.6 is 0 Å². The number of nitrogens with one attached hydrogen (secondary N) is 1. The SMILES string of the molecule is CCCCNC(=O)c1cc(-c2ccccc2)nn1-c1cccc(C)c1. The molecule has 0 aliphatic heterocycles. The number of unbranched alkanes of at least 4 members (excludes halogenated alkanes) is 1. The maximum atomic E-state index is 12.7. The molecular formula is C21H23N3O. The zero-order valence-electron chi connectivity index (χ0n) is 14.7. The smallest absolute Gasteiger partial charge is 0.270 e. The number of rotatable bonds is 6. The molecule has 25 heavy (non-hydrogen) atoms. The number of benzene rings is 2. The van der Waals surface area contributed by atoms with Crippen molar-refractivity contribution in [1.82, 2.24) is 15.1 Å². The molecule has 0 atom stereocenters. The summed E-state index contributed by atoms with van der Waals surface area (Å²) in [6, 6.07) is 19.8. The predicted molar refractivity (Wildman–Crippen MR) is 101 cm³/mol. The minimum absolute atomic E-state index is 0.0929. The number of carbonyl (C=O) groups excluding carboxylic acids is 1. The van der Waals surface area contributed by atoms with Gasteiger partial charge in [0.15, 0.2) is 0 Å². The number of aromatic nitrogens is 2. The topological polar surface area (TPSA) is 46.9 Å². The number of hydrogen-bond acceptors (Lipinski definition) is 2. The van der Waals surface area contributed by atoms with Gasteiger partial charge in [0.1, 0.15) is 5.69 Å². The van der Waals surface area contributed by atoms with E-state index in [9.17, 15) is 4.79 Å². The fourth-order valence-electron chi connectivity index (χ4n) is 2.72. The molecule has 128 valence electrons. The lowest BCUT2D eigenvalue weighted by Crippen LogP contribution is -2.26. The van der Waals surface area contributed by atoms with Crippen LogP contribution < -0.4 is 5.32 Å². The van der Waals surface area contributed by atoms with Gasteiger partial charge in [0.05, 0.1) is 11.4 Å². The molecule has 0 spiro atoms. The molecular weight excluding hydrogens is 310 g/mol. The maximum absolute atomic E-state index is 12.7. The summed E-state index contributed by atoms with van der Waals surface area (Å²) >= 11 is 0. The lowest BCUT2D eigenvalue weighted by molar-refractivity contribution is 0.0945. The molecule has 0 bridgehead atoms. The van der Waals surface area contributed by atoms with Crippen molar-refractivity contribution < 1.29 is 4.79 Å². The maximum Gasteiger partial charge on any atom is 0.270 e. The van der Waals surface area contributed by atoms with E-state index in [1.807, 2.05) is 67.6 Å². The van der Waals surface area contributed by atoms with Gasteiger partial charge in [0.25, 0.3) is 5.91 Å². The van der Waals surface area contributed by atoms with Crippen LogP contribution in [-0.2, 0) is 0 Å². The van der Waals surface area contributed by atoms with Crippen LogP contribution in [0.25, 0.3) is 16.9 Å². The molecule has 0 aliphatic carbocycles. The second kappa shape index (κ2) is 7.79. The normalized spacial score (nSPS) is 10.6. The van der Waals surface area contributed by atoms with Gasteiger partial charge in [-0.25, -0.2) is 4.68 Å². The molecule has 0 fully saturated rings. The van der Waals surface area contributed by atoms with Crippen molar-refractivity contribution in [3.63, 3.8) is 0 Å². The molecule has 2 aromatic carbocycles. The number of hydrogen-bond donors (Lipinski definition) is 1. The number of aryl methyl sites for hydroxylation is 1. The second-order valence-electron chi connectivity index (χ2n) is 6.14. The molecule has 4 heteroatoms. The van der Waals surface area contributed by atoms with Gasteiger partial charge in [-0.15, -0.1) is 0 Å². The van der Waals surface area contributed by atoms with Crippen molar-refractivity contribution in [2.75, 3.05) is 6.54 Å². The van der Waals surface area contributed by atoms with Gasteiger partial charge in [-0.3, -0.25) is 4.79 Å². The van der Waals surface area contributed by atoms with E-state index in [4.69, 9.17) is 5.10 Å². The van der Waals surface area contributed by atoms with Crippen LogP contribution in [0.5, 0.6) is 0 Å². The van der Waals surface area contributed by atoms with E-state index >= 15 is 0 Å². The zero-order valence-corrected chi connectivity index (χ0v) is 14.7. The van der Waals surface area contributed by atoms with Crippen molar-refractivity contribution >= 4 is 5.91 Å². The summed E-state index contributed by atoms with van der Waals surface area (Å²) in [5.74, 6) is -0.0929. The largest absolute Gasteiger partial charge is 0.351 e. The first-order valence-electron chi connectivity index (χ1n) is 8.70. The molecule has 0 saturated heterocycles. The van der Waals surface area contributed by atoms with Crippen LogP contribution in [0.2, 0.25) is 0 Å². The zero-order chi connectivity index (χ0) is 17.6. The van der Waals surface area contributed by atoms with E-state index in [1.165, 1.54) is 0 Å². The molecule has 0 aliphatic rings. The Bertz CT molecular complexity index is 853. The van der Waals surface area contributed by atoms with E-state index in [0.29, 0.717) is 12.2 Å². The van der Waals surface area contributed by atoms with Crippen molar-refractivity contribution in [3.05, 3.63) is 71.9 Å². The minimum Gasteiger partial charge on any atom is -0.351 e. The lowest BCUT2D eigenvalue weighted by Gasteiger charge is -2.08. The minimum atomic E-state index is -0.0929. The summed E-state index contributed by atoms with van der Waals surface area (Å²) < 4.78 is 1.73. The highest BCUT2D eigenvalue weighted by Gasteiger charge is 2.17. The molecule has 3 aromatic rings. The highest BCUT2D eigenvalue weighted by Crippen LogP contribution is 2.22. The van der Waals surface area contributed by atoms with Crippen molar-refractivity contribution in [1.29, 1.82) is 0 Å². The van der Waals surface area contributed by atoms with Gasteiger partial charge >= 0.3 is 0 Å². The summed E-state index contributed by atoms with van der Waals surface area (Å²) in [6.07, 6.45) is 2.02. The summed E-state index contributed by atoms with van der Waals surface area (Å²) in [5, 5.41) is 7.69. The Balaban J connectivity index is 2.02. The summed E-state index contributed by atoms with van der Waals surface area (Å²) in [7, 11) is 0. The molecule has 1 aromatic heterocycles. The van der Waals surface area contributed by atoms with Crippen LogP contribution in [0.15, 0.2) is 60.7 Å². The first kappa shape index (κ1) is 17.0. The van der Waals surface area contributed by atoms with Crippen molar-refractivity contribution in [2.24, 2.45) is 0 Å². The van der Waals surface area contributed by atoms with Crippen LogP contribution in [0.3, 0.4) is 0 Å². The van der Waals surface area contributed by atoms with Gasteiger partial charge in [-0.2, -0.15) is 5.10 Å². The van der Waals surface area contributed by atoms with Crippen molar-refractivity contribution in [3.8, 4) is 16.9 Å². The standard InChI is InChI=1S/C21H23N3O/c1-3-4-13-22-21(25)20-15-19(17-10-6-5-7-11-17)23-24(20)18-12-8-9-16(2)14-18/h5-12,14-15H,3-4,13H2,1-2H3,(H,22,25). The van der Waals surface area contributed by atoms with Gasteiger partial charge in [-0.05, 0) is 37.1 Å². The van der Waals surface area contributed by atoms with Gasteiger partial charge in [0.2, 0.25) is 0 Å². The Morgan fingerprint density at radius 3 is 2.60 bits per heavy atom. The quantitative estimate of drug-likeness (QED) is 0.681. The predicted octanol–water partition coefficient (Wildman–Crippen LogP) is 4.38. The molecule has 0 unspecified atom stereocenters. The second-order valence-corrected chi connectivity index (χ2v) is 6.14. The Labute approximate surface area is 148 Å². The molecule has 1 amide bonds. The monoisotopic (exact) mass is 333 g/mol. The Morgan fingerprint density at radius 2 is 1.88 bits per heavy atom. The van der Waals surface area contributed by atoms with E-state index in [-0.39, 0.29) is 5.91 Å². The third-order valence-electron chi connectivity index (χ3n) is 4.07. The average Bonchev–Trinajstić information content (AvgIpc) is 3.08. The third-order valence-corrected chi connectivity index (χ3v) is 4.07. The lowest BCUT2D eigenvalue weighted by atomic mass is 10.1. The Hall–Kier alpha value is -2.88. The number of carbonyl (C=O) groups is 1. The number of amides is 1. The molecule has 0 radical (unpaired) electrons. The van der Waals surface area contributed by atoms with E-state index in [0.717, 1.165) is 35.3 Å². The summed E-state index contributed by atoms with van der Waals surface area (Å²) in [4.78, 5) is 12.7. The van der Waals surface area contributed by atoms with Gasteiger partial charge in [0, 0.05) is 12.1 Å². The molecule has 0 saturated carbocycles.